The normalized spacial score (nSPS) is 13.2. The second kappa shape index (κ2) is 4.61. The fraction of sp³-hybridized carbons (Fsp3) is 0.143. The zero-order valence-corrected chi connectivity index (χ0v) is 10.4. The van der Waals surface area contributed by atoms with Crippen molar-refractivity contribution >= 4 is 11.8 Å². The number of nitrogens with one attached hydrogen (secondary N) is 2. The molecular formula is C14H13N3O2. The minimum Gasteiger partial charge on any atom is -0.457 e. The number of nitrogens with zero attached hydrogens (tertiary/aromatic N) is 1. The quantitative estimate of drug-likeness (QED) is 0.867. The highest BCUT2D eigenvalue weighted by atomic mass is 16.5. The summed E-state index contributed by atoms with van der Waals surface area (Å²) >= 11 is 0. The minimum atomic E-state index is -0.243. The summed E-state index contributed by atoms with van der Waals surface area (Å²) in [7, 11) is 0. The van der Waals surface area contributed by atoms with Gasteiger partial charge >= 0.3 is 6.03 Å². The lowest BCUT2D eigenvalue weighted by atomic mass is 10.2. The van der Waals surface area contributed by atoms with Gasteiger partial charge in [-0.15, -0.1) is 0 Å². The molecule has 5 nitrogen and oxygen atoms in total. The maximum absolute atomic E-state index is 11.2. The average Bonchev–Trinajstić information content (AvgIpc) is 2.41. The first-order chi connectivity index (χ1) is 9.22. The van der Waals surface area contributed by atoms with Crippen molar-refractivity contribution in [3.63, 3.8) is 0 Å². The van der Waals surface area contributed by atoms with Crippen LogP contribution in [0.15, 0.2) is 36.5 Å². The zero-order chi connectivity index (χ0) is 13.2. The summed E-state index contributed by atoms with van der Waals surface area (Å²) in [6, 6.07) is 9.35. The van der Waals surface area contributed by atoms with E-state index in [-0.39, 0.29) is 6.03 Å². The first kappa shape index (κ1) is 11.5. The SMILES string of the molecule is Cc1ccc(Oc2ccnc3c2CNC(=O)N3)cc1. The Labute approximate surface area is 110 Å². The Balaban J connectivity index is 1.91. The molecule has 2 heterocycles. The summed E-state index contributed by atoms with van der Waals surface area (Å²) in [4.78, 5) is 15.4. The topological polar surface area (TPSA) is 63.2 Å². The van der Waals surface area contributed by atoms with Crippen LogP contribution >= 0.6 is 0 Å². The second-order valence-corrected chi connectivity index (χ2v) is 4.36. The average molecular weight is 255 g/mol. The summed E-state index contributed by atoms with van der Waals surface area (Å²) in [5.41, 5.74) is 2.03. The molecule has 0 unspecified atom stereocenters. The number of pyridine rings is 1. The van der Waals surface area contributed by atoms with E-state index in [1.807, 2.05) is 31.2 Å². The first-order valence-corrected chi connectivity index (χ1v) is 5.99. The van der Waals surface area contributed by atoms with E-state index in [1.54, 1.807) is 12.3 Å². The summed E-state index contributed by atoms with van der Waals surface area (Å²) in [5.74, 6) is 2.01. The minimum absolute atomic E-state index is 0.243. The van der Waals surface area contributed by atoms with Crippen LogP contribution in [0.3, 0.4) is 0 Å². The Bertz CT molecular complexity index is 623. The van der Waals surface area contributed by atoms with Crippen LogP contribution in [0.25, 0.3) is 0 Å². The third-order valence-electron chi connectivity index (χ3n) is 2.92. The Morgan fingerprint density at radius 3 is 2.79 bits per heavy atom. The predicted octanol–water partition coefficient (Wildman–Crippen LogP) is 2.82. The van der Waals surface area contributed by atoms with Crippen LogP contribution in [0.4, 0.5) is 10.6 Å². The molecule has 0 atom stereocenters. The van der Waals surface area contributed by atoms with Gasteiger partial charge in [0.05, 0.1) is 12.1 Å². The van der Waals surface area contributed by atoms with E-state index in [1.165, 1.54) is 5.56 Å². The molecule has 2 N–H and O–H groups in total. The van der Waals surface area contributed by atoms with E-state index in [0.717, 1.165) is 11.3 Å². The smallest absolute Gasteiger partial charge is 0.320 e. The van der Waals surface area contributed by atoms with Crippen LogP contribution in [-0.4, -0.2) is 11.0 Å². The number of amides is 2. The van der Waals surface area contributed by atoms with E-state index in [9.17, 15) is 4.79 Å². The van der Waals surface area contributed by atoms with Crippen LogP contribution in [0.5, 0.6) is 11.5 Å². The summed E-state index contributed by atoms with van der Waals surface area (Å²) in [6.07, 6.45) is 1.62. The van der Waals surface area contributed by atoms with Crippen molar-refractivity contribution in [3.05, 3.63) is 47.7 Å². The molecule has 1 aliphatic heterocycles. The molecule has 1 aromatic carbocycles. The van der Waals surface area contributed by atoms with Gasteiger partial charge in [0.1, 0.15) is 17.3 Å². The highest BCUT2D eigenvalue weighted by molar-refractivity contribution is 5.91. The largest absolute Gasteiger partial charge is 0.457 e. The van der Waals surface area contributed by atoms with Crippen molar-refractivity contribution < 1.29 is 9.53 Å². The second-order valence-electron chi connectivity index (χ2n) is 4.36. The van der Waals surface area contributed by atoms with Crippen molar-refractivity contribution in [2.45, 2.75) is 13.5 Å². The number of benzene rings is 1. The Kier molecular flexibility index (Phi) is 2.79. The molecule has 3 rings (SSSR count). The number of hydrogen-bond acceptors (Lipinski definition) is 3. The zero-order valence-electron chi connectivity index (χ0n) is 10.4. The van der Waals surface area contributed by atoms with E-state index in [4.69, 9.17) is 4.74 Å². The summed E-state index contributed by atoms with van der Waals surface area (Å²) in [6.45, 7) is 2.44. The van der Waals surface area contributed by atoms with Crippen LogP contribution in [0.1, 0.15) is 11.1 Å². The Morgan fingerprint density at radius 1 is 1.21 bits per heavy atom. The van der Waals surface area contributed by atoms with Crippen LogP contribution in [-0.2, 0) is 6.54 Å². The molecule has 19 heavy (non-hydrogen) atoms. The van der Waals surface area contributed by atoms with Gasteiger partial charge in [-0.3, -0.25) is 5.32 Å². The number of aryl methyl sites for hydroxylation is 1. The van der Waals surface area contributed by atoms with Gasteiger partial charge in [0.2, 0.25) is 0 Å². The van der Waals surface area contributed by atoms with E-state index < -0.39 is 0 Å². The third-order valence-corrected chi connectivity index (χ3v) is 2.92. The fourth-order valence-electron chi connectivity index (χ4n) is 1.90. The molecule has 0 bridgehead atoms. The number of urea groups is 1. The number of anilines is 1. The fourth-order valence-corrected chi connectivity index (χ4v) is 1.90. The molecule has 0 aliphatic carbocycles. The van der Waals surface area contributed by atoms with Gasteiger partial charge in [-0.05, 0) is 25.1 Å². The lowest BCUT2D eigenvalue weighted by molar-refractivity contribution is 0.250. The van der Waals surface area contributed by atoms with E-state index in [2.05, 4.69) is 15.6 Å². The Hall–Kier alpha value is -2.56. The van der Waals surface area contributed by atoms with Gasteiger partial charge in [-0.2, -0.15) is 0 Å². The van der Waals surface area contributed by atoms with Crippen LogP contribution in [0, 0.1) is 6.92 Å². The summed E-state index contributed by atoms with van der Waals surface area (Å²) < 4.78 is 5.84. The summed E-state index contributed by atoms with van der Waals surface area (Å²) in [5, 5.41) is 5.36. The maximum atomic E-state index is 11.2. The molecule has 2 aromatic rings. The molecular weight excluding hydrogens is 242 g/mol. The molecule has 5 heteroatoms. The number of carbonyl (C=O) groups excluding carboxylic acids is 1. The predicted molar refractivity (Wildman–Crippen MR) is 71.3 cm³/mol. The van der Waals surface area contributed by atoms with Crippen molar-refractivity contribution in [2.24, 2.45) is 0 Å². The number of fused-ring (bicyclic) bond motifs is 1. The highest BCUT2D eigenvalue weighted by Gasteiger charge is 2.19. The molecule has 0 saturated heterocycles. The number of ether oxygens (including phenoxy) is 1. The van der Waals surface area contributed by atoms with Gasteiger partial charge in [-0.25, -0.2) is 9.78 Å². The van der Waals surface area contributed by atoms with Gasteiger partial charge in [0.25, 0.3) is 0 Å². The van der Waals surface area contributed by atoms with E-state index >= 15 is 0 Å². The lowest BCUT2D eigenvalue weighted by Gasteiger charge is -2.19. The molecule has 0 saturated carbocycles. The van der Waals surface area contributed by atoms with E-state index in [0.29, 0.717) is 18.1 Å². The molecule has 2 amide bonds. The van der Waals surface area contributed by atoms with Crippen molar-refractivity contribution in [2.75, 3.05) is 5.32 Å². The maximum Gasteiger partial charge on any atom is 0.320 e. The number of carbonyl (C=O) groups is 1. The molecule has 0 fully saturated rings. The van der Waals surface area contributed by atoms with Crippen molar-refractivity contribution in [3.8, 4) is 11.5 Å². The van der Waals surface area contributed by atoms with Crippen molar-refractivity contribution in [1.82, 2.24) is 10.3 Å². The first-order valence-electron chi connectivity index (χ1n) is 5.99. The standard InChI is InChI=1S/C14H13N3O2/c1-9-2-4-10(5-3-9)19-12-6-7-15-13-11(12)8-16-14(18)17-13/h2-7H,8H2,1H3,(H2,15,16,17,18). The monoisotopic (exact) mass is 255 g/mol. The van der Waals surface area contributed by atoms with Crippen LogP contribution in [0.2, 0.25) is 0 Å². The van der Waals surface area contributed by atoms with Crippen LogP contribution < -0.4 is 15.4 Å². The lowest BCUT2D eigenvalue weighted by Crippen LogP contribution is -2.34. The molecule has 96 valence electrons. The highest BCUT2D eigenvalue weighted by Crippen LogP contribution is 2.30. The number of rotatable bonds is 2. The van der Waals surface area contributed by atoms with Gasteiger partial charge in [-0.1, -0.05) is 17.7 Å². The molecule has 0 spiro atoms. The van der Waals surface area contributed by atoms with Gasteiger partial charge in [0.15, 0.2) is 0 Å². The molecule has 0 radical (unpaired) electrons. The number of hydrogen-bond donors (Lipinski definition) is 2. The number of aromatic nitrogens is 1. The Morgan fingerprint density at radius 2 is 2.00 bits per heavy atom. The van der Waals surface area contributed by atoms with Gasteiger partial charge in [0, 0.05) is 6.20 Å². The van der Waals surface area contributed by atoms with Crippen molar-refractivity contribution in [1.29, 1.82) is 0 Å². The molecule has 1 aromatic heterocycles. The molecule has 1 aliphatic rings. The van der Waals surface area contributed by atoms with Gasteiger partial charge < -0.3 is 10.1 Å². The third kappa shape index (κ3) is 2.35.